The molecule has 6 heteroatoms. The molecule has 0 aromatic rings. The third-order valence-corrected chi connectivity index (χ3v) is 10.2. The average molecular weight is 483 g/mol. The molecule has 0 spiro atoms. The Hall–Kier alpha value is -2.37. The number of methoxy groups -OCH3 is 1. The Morgan fingerprint density at radius 3 is 2.60 bits per heavy atom. The second-order valence-corrected chi connectivity index (χ2v) is 12.1. The van der Waals surface area contributed by atoms with Crippen molar-refractivity contribution in [3.8, 4) is 0 Å². The van der Waals surface area contributed by atoms with Crippen LogP contribution in [0.25, 0.3) is 0 Å². The predicted molar refractivity (Wildman–Crippen MR) is 130 cm³/mol. The van der Waals surface area contributed by atoms with E-state index in [9.17, 15) is 14.4 Å². The SMILES string of the molecule is COC(=O)C1(C)C/C(=C\C2=CC3=CC[C@H]4[C@@H]5CC[C@H](OC(C)=O)[C@@]5(C)CC[C@@H]4[C@@]3(C)CC2)OC1=O. The van der Waals surface area contributed by atoms with Crippen LogP contribution in [0.1, 0.15) is 79.1 Å². The summed E-state index contributed by atoms with van der Waals surface area (Å²) in [6, 6.07) is 0. The van der Waals surface area contributed by atoms with Crippen molar-refractivity contribution in [2.45, 2.75) is 85.2 Å². The summed E-state index contributed by atoms with van der Waals surface area (Å²) in [4.78, 5) is 36.2. The van der Waals surface area contributed by atoms with Crippen LogP contribution < -0.4 is 0 Å². The van der Waals surface area contributed by atoms with E-state index in [1.807, 2.05) is 6.08 Å². The lowest BCUT2D eigenvalue weighted by atomic mass is 9.48. The number of esters is 3. The van der Waals surface area contributed by atoms with Gasteiger partial charge in [0.05, 0.1) is 7.11 Å². The van der Waals surface area contributed by atoms with Crippen molar-refractivity contribution in [3.63, 3.8) is 0 Å². The molecular formula is C29H38O6. The van der Waals surface area contributed by atoms with Gasteiger partial charge in [0.2, 0.25) is 0 Å². The number of hydrogen-bond acceptors (Lipinski definition) is 6. The Morgan fingerprint density at radius 2 is 1.89 bits per heavy atom. The van der Waals surface area contributed by atoms with Gasteiger partial charge in [0.15, 0.2) is 5.41 Å². The van der Waals surface area contributed by atoms with E-state index in [0.717, 1.165) is 44.1 Å². The maximum Gasteiger partial charge on any atom is 0.328 e. The molecule has 0 aromatic heterocycles. The molecule has 0 amide bonds. The minimum atomic E-state index is -1.26. The Labute approximate surface area is 208 Å². The number of carbonyl (C=O) groups excluding carboxylic acids is 3. The highest BCUT2D eigenvalue weighted by atomic mass is 16.6. The zero-order valence-corrected chi connectivity index (χ0v) is 21.6. The second kappa shape index (κ2) is 8.35. The van der Waals surface area contributed by atoms with Crippen LogP contribution in [0.5, 0.6) is 0 Å². The topological polar surface area (TPSA) is 78.9 Å². The summed E-state index contributed by atoms with van der Waals surface area (Å²) in [6.45, 7) is 7.90. The first-order chi connectivity index (χ1) is 16.5. The minimum absolute atomic E-state index is 0.0541. The zero-order valence-electron chi connectivity index (χ0n) is 21.6. The molecule has 5 aliphatic rings. The van der Waals surface area contributed by atoms with Crippen molar-refractivity contribution in [2.24, 2.45) is 34.0 Å². The lowest BCUT2D eigenvalue weighted by Gasteiger charge is -2.56. The van der Waals surface area contributed by atoms with Gasteiger partial charge in [-0.05, 0) is 92.3 Å². The number of allylic oxidation sites excluding steroid dienone is 6. The third kappa shape index (κ3) is 3.70. The lowest BCUT2D eigenvalue weighted by Crippen LogP contribution is -2.50. The summed E-state index contributed by atoms with van der Waals surface area (Å²) in [5.41, 5.74) is 1.52. The number of cyclic esters (lactones) is 1. The molecule has 35 heavy (non-hydrogen) atoms. The molecule has 0 radical (unpaired) electrons. The van der Waals surface area contributed by atoms with Gasteiger partial charge in [0.25, 0.3) is 0 Å². The molecule has 1 saturated heterocycles. The molecule has 0 N–H and O–H groups in total. The number of ether oxygens (including phenoxy) is 3. The summed E-state index contributed by atoms with van der Waals surface area (Å²) in [7, 11) is 1.30. The van der Waals surface area contributed by atoms with Gasteiger partial charge >= 0.3 is 17.9 Å². The molecule has 0 aromatic carbocycles. The van der Waals surface area contributed by atoms with Gasteiger partial charge in [-0.15, -0.1) is 0 Å². The lowest BCUT2D eigenvalue weighted by molar-refractivity contribution is -0.161. The van der Waals surface area contributed by atoms with Crippen LogP contribution in [0.2, 0.25) is 0 Å². The van der Waals surface area contributed by atoms with Crippen molar-refractivity contribution in [1.82, 2.24) is 0 Å². The van der Waals surface area contributed by atoms with E-state index in [4.69, 9.17) is 14.2 Å². The van der Waals surface area contributed by atoms with E-state index in [1.54, 1.807) is 6.92 Å². The number of fused-ring (bicyclic) bond motifs is 5. The van der Waals surface area contributed by atoms with Crippen LogP contribution in [0.4, 0.5) is 0 Å². The Kier molecular flexibility index (Phi) is 5.80. The molecule has 2 saturated carbocycles. The molecule has 1 aliphatic heterocycles. The van der Waals surface area contributed by atoms with Crippen molar-refractivity contribution in [2.75, 3.05) is 7.11 Å². The third-order valence-electron chi connectivity index (χ3n) is 10.2. The van der Waals surface area contributed by atoms with Gasteiger partial charge in [0, 0.05) is 18.8 Å². The Morgan fingerprint density at radius 1 is 1.11 bits per heavy atom. The molecule has 1 heterocycles. The molecule has 0 bridgehead atoms. The van der Waals surface area contributed by atoms with E-state index < -0.39 is 17.4 Å². The van der Waals surface area contributed by atoms with Crippen molar-refractivity contribution >= 4 is 17.9 Å². The molecule has 5 rings (SSSR count). The fraction of sp³-hybridized carbons (Fsp3) is 0.690. The minimum Gasteiger partial charge on any atom is -0.468 e. The normalized spacial score (nSPS) is 43.3. The van der Waals surface area contributed by atoms with Gasteiger partial charge in [-0.2, -0.15) is 0 Å². The number of hydrogen-bond donors (Lipinski definition) is 0. The second-order valence-electron chi connectivity index (χ2n) is 12.1. The van der Waals surface area contributed by atoms with Gasteiger partial charge in [-0.1, -0.05) is 26.0 Å². The molecule has 7 atom stereocenters. The van der Waals surface area contributed by atoms with E-state index >= 15 is 0 Å². The molecule has 1 unspecified atom stereocenters. The summed E-state index contributed by atoms with van der Waals surface area (Å²) < 4.78 is 16.1. The highest BCUT2D eigenvalue weighted by Crippen LogP contribution is 2.65. The standard InChI is InChI=1S/C29H38O6/c1-17(30)34-24-9-8-22-21-7-6-19-14-18(10-12-27(19,2)23(21)11-13-28(22,24)3)15-20-16-29(4,25(31)33-5)26(32)35-20/h6,14-15,21-24H,7-13,16H2,1-5H3/b20-15+/t21-,22-,23-,24-,27-,28-,29?/m0/s1. The van der Waals surface area contributed by atoms with Crippen LogP contribution in [0.3, 0.4) is 0 Å². The van der Waals surface area contributed by atoms with Crippen molar-refractivity contribution in [1.29, 1.82) is 0 Å². The highest BCUT2D eigenvalue weighted by Gasteiger charge is 2.59. The van der Waals surface area contributed by atoms with E-state index in [1.165, 1.54) is 26.0 Å². The van der Waals surface area contributed by atoms with E-state index in [0.29, 0.717) is 23.5 Å². The van der Waals surface area contributed by atoms with Gasteiger partial charge < -0.3 is 14.2 Å². The van der Waals surface area contributed by atoms with Crippen LogP contribution >= 0.6 is 0 Å². The number of rotatable bonds is 3. The van der Waals surface area contributed by atoms with Crippen LogP contribution in [0, 0.1) is 34.0 Å². The molecule has 4 aliphatic carbocycles. The first-order valence-corrected chi connectivity index (χ1v) is 13.1. The largest absolute Gasteiger partial charge is 0.468 e. The zero-order chi connectivity index (χ0) is 25.2. The first kappa shape index (κ1) is 24.3. The quantitative estimate of drug-likeness (QED) is 0.303. The van der Waals surface area contributed by atoms with Crippen molar-refractivity contribution < 1.29 is 28.6 Å². The van der Waals surface area contributed by atoms with Crippen LogP contribution in [-0.4, -0.2) is 31.1 Å². The van der Waals surface area contributed by atoms with Crippen LogP contribution in [-0.2, 0) is 28.6 Å². The van der Waals surface area contributed by atoms with E-state index in [2.05, 4.69) is 26.0 Å². The van der Waals surface area contributed by atoms with Crippen LogP contribution in [0.15, 0.2) is 35.1 Å². The fourth-order valence-corrected chi connectivity index (χ4v) is 8.16. The average Bonchev–Trinajstić information content (AvgIpc) is 3.29. The molecular weight excluding hydrogens is 444 g/mol. The summed E-state index contributed by atoms with van der Waals surface area (Å²) in [6.07, 6.45) is 14.4. The maximum absolute atomic E-state index is 12.4. The molecule has 190 valence electrons. The summed E-state index contributed by atoms with van der Waals surface area (Å²) in [5, 5.41) is 0. The van der Waals surface area contributed by atoms with Gasteiger partial charge in [-0.25, -0.2) is 0 Å². The number of carbonyl (C=O) groups is 3. The van der Waals surface area contributed by atoms with Crippen molar-refractivity contribution in [3.05, 3.63) is 35.1 Å². The Bertz CT molecular complexity index is 1050. The molecule has 6 nitrogen and oxygen atoms in total. The first-order valence-electron chi connectivity index (χ1n) is 13.1. The van der Waals surface area contributed by atoms with Gasteiger partial charge in [0.1, 0.15) is 11.9 Å². The summed E-state index contributed by atoms with van der Waals surface area (Å²) >= 11 is 0. The fourth-order valence-electron chi connectivity index (χ4n) is 8.16. The van der Waals surface area contributed by atoms with E-state index in [-0.39, 0.29) is 29.3 Å². The maximum atomic E-state index is 12.4. The summed E-state index contributed by atoms with van der Waals surface area (Å²) in [5.74, 6) is 1.16. The molecule has 3 fully saturated rings. The monoisotopic (exact) mass is 482 g/mol. The smallest absolute Gasteiger partial charge is 0.328 e. The predicted octanol–water partition coefficient (Wildman–Crippen LogP) is 5.43. The van der Waals surface area contributed by atoms with Gasteiger partial charge in [-0.3, -0.25) is 14.4 Å². The highest BCUT2D eigenvalue weighted by molar-refractivity contribution is 6.01. The Balaban J connectivity index is 1.37.